The molecule has 114 valence electrons. The van der Waals surface area contributed by atoms with Crippen molar-refractivity contribution in [2.45, 2.75) is 19.3 Å². The molecule has 21 heavy (non-hydrogen) atoms. The molecular formula is C17H23FN2O. The number of hydrogen-bond acceptors (Lipinski definition) is 3. The van der Waals surface area contributed by atoms with Gasteiger partial charge in [-0.3, -0.25) is 9.69 Å². The van der Waals surface area contributed by atoms with Gasteiger partial charge in [-0.2, -0.15) is 0 Å². The maximum Gasteiger partial charge on any atom is 0.151 e. The molecule has 0 radical (unpaired) electrons. The fourth-order valence-corrected chi connectivity index (χ4v) is 2.96. The van der Waals surface area contributed by atoms with Crippen LogP contribution in [0.1, 0.15) is 18.4 Å². The maximum atomic E-state index is 13.5. The Morgan fingerprint density at radius 3 is 2.43 bits per heavy atom. The van der Waals surface area contributed by atoms with Crippen LogP contribution in [0, 0.1) is 11.7 Å². The predicted octanol–water partition coefficient (Wildman–Crippen LogP) is 1.96. The van der Waals surface area contributed by atoms with E-state index in [0.717, 1.165) is 32.1 Å². The van der Waals surface area contributed by atoms with Gasteiger partial charge in [-0.1, -0.05) is 18.2 Å². The second-order valence-corrected chi connectivity index (χ2v) is 6.33. The number of carbonyl (C=O) groups excluding carboxylic acids is 1. The molecule has 1 aromatic carbocycles. The zero-order chi connectivity index (χ0) is 14.7. The molecule has 0 aromatic heterocycles. The van der Waals surface area contributed by atoms with Gasteiger partial charge < -0.3 is 4.90 Å². The molecule has 0 unspecified atom stereocenters. The highest BCUT2D eigenvalue weighted by Gasteiger charge is 2.26. The molecule has 0 bridgehead atoms. The van der Waals surface area contributed by atoms with E-state index in [4.69, 9.17) is 0 Å². The van der Waals surface area contributed by atoms with E-state index in [1.165, 1.54) is 25.5 Å². The number of benzene rings is 1. The third-order valence-corrected chi connectivity index (χ3v) is 4.42. The van der Waals surface area contributed by atoms with Gasteiger partial charge >= 0.3 is 0 Å². The van der Waals surface area contributed by atoms with Gasteiger partial charge in [0.05, 0.1) is 6.54 Å². The minimum atomic E-state index is -0.278. The Morgan fingerprint density at radius 1 is 1.10 bits per heavy atom. The lowest BCUT2D eigenvalue weighted by Gasteiger charge is -2.34. The van der Waals surface area contributed by atoms with Crippen LogP contribution in [0.25, 0.3) is 0 Å². The molecule has 0 spiro atoms. The Hall–Kier alpha value is -1.26. The zero-order valence-electron chi connectivity index (χ0n) is 12.4. The predicted molar refractivity (Wildman–Crippen MR) is 80.7 cm³/mol. The summed E-state index contributed by atoms with van der Waals surface area (Å²) in [4.78, 5) is 16.8. The lowest BCUT2D eigenvalue weighted by molar-refractivity contribution is -0.120. The van der Waals surface area contributed by atoms with E-state index in [2.05, 4.69) is 9.80 Å². The first-order valence-electron chi connectivity index (χ1n) is 7.90. The summed E-state index contributed by atoms with van der Waals surface area (Å²) in [6.45, 7) is 5.71. The van der Waals surface area contributed by atoms with Gasteiger partial charge in [-0.05, 0) is 30.4 Å². The lowest BCUT2D eigenvalue weighted by Crippen LogP contribution is -2.48. The summed E-state index contributed by atoms with van der Waals surface area (Å²) in [5.41, 5.74) is 0.509. The quantitative estimate of drug-likeness (QED) is 0.800. The van der Waals surface area contributed by atoms with E-state index in [0.29, 0.717) is 12.1 Å². The van der Waals surface area contributed by atoms with Gasteiger partial charge in [0.15, 0.2) is 5.78 Å². The summed E-state index contributed by atoms with van der Waals surface area (Å²) in [6.07, 6.45) is 2.98. The van der Waals surface area contributed by atoms with Crippen LogP contribution in [-0.4, -0.2) is 54.9 Å². The second-order valence-electron chi connectivity index (χ2n) is 6.33. The van der Waals surface area contributed by atoms with Crippen molar-refractivity contribution in [3.8, 4) is 0 Å². The largest absolute Gasteiger partial charge is 0.301 e. The molecule has 1 aliphatic carbocycles. The number of piperazine rings is 1. The van der Waals surface area contributed by atoms with Crippen LogP contribution >= 0.6 is 0 Å². The van der Waals surface area contributed by atoms with Crippen molar-refractivity contribution in [1.82, 2.24) is 9.80 Å². The van der Waals surface area contributed by atoms with Crippen molar-refractivity contribution in [3.63, 3.8) is 0 Å². The number of carbonyl (C=O) groups is 1. The Balaban J connectivity index is 1.42. The first kappa shape index (κ1) is 14.7. The summed E-state index contributed by atoms with van der Waals surface area (Å²) < 4.78 is 13.5. The van der Waals surface area contributed by atoms with E-state index in [1.807, 2.05) is 0 Å². The Bertz CT molecular complexity index is 493. The molecule has 0 amide bonds. The molecule has 1 saturated heterocycles. The number of rotatable bonds is 6. The van der Waals surface area contributed by atoms with E-state index in [1.54, 1.807) is 18.2 Å². The summed E-state index contributed by atoms with van der Waals surface area (Å²) in [5.74, 6) is 0.759. The van der Waals surface area contributed by atoms with Crippen LogP contribution in [-0.2, 0) is 11.2 Å². The average Bonchev–Trinajstić information content (AvgIpc) is 3.28. The minimum absolute atomic E-state index is 0.107. The molecule has 4 heteroatoms. The summed E-state index contributed by atoms with van der Waals surface area (Å²) in [7, 11) is 0. The fourth-order valence-electron chi connectivity index (χ4n) is 2.96. The maximum absolute atomic E-state index is 13.5. The van der Waals surface area contributed by atoms with Gasteiger partial charge in [0.1, 0.15) is 5.82 Å². The van der Waals surface area contributed by atoms with Crippen molar-refractivity contribution >= 4 is 5.78 Å². The van der Waals surface area contributed by atoms with Gasteiger partial charge in [0.2, 0.25) is 0 Å². The van der Waals surface area contributed by atoms with Crippen molar-refractivity contribution in [1.29, 1.82) is 0 Å². The average molecular weight is 290 g/mol. The summed E-state index contributed by atoms with van der Waals surface area (Å²) >= 11 is 0. The van der Waals surface area contributed by atoms with Crippen LogP contribution in [0.3, 0.4) is 0 Å². The number of hydrogen-bond donors (Lipinski definition) is 0. The molecule has 3 nitrogen and oxygen atoms in total. The normalized spacial score (nSPS) is 20.6. The van der Waals surface area contributed by atoms with E-state index in [-0.39, 0.29) is 18.0 Å². The SMILES string of the molecule is O=C(Cc1ccccc1F)CN1CCN(CC2CC2)CC1. The highest BCUT2D eigenvalue weighted by Crippen LogP contribution is 2.29. The van der Waals surface area contributed by atoms with Crippen molar-refractivity contribution in [3.05, 3.63) is 35.6 Å². The Labute approximate surface area is 125 Å². The van der Waals surface area contributed by atoms with Crippen LogP contribution in [0.5, 0.6) is 0 Å². The second kappa shape index (κ2) is 6.67. The molecule has 3 rings (SSSR count). The molecule has 1 saturated carbocycles. The lowest BCUT2D eigenvalue weighted by atomic mass is 10.1. The molecule has 1 aliphatic heterocycles. The molecule has 1 heterocycles. The topological polar surface area (TPSA) is 23.6 Å². The molecular weight excluding hydrogens is 267 g/mol. The standard InChI is InChI=1S/C17H23FN2O/c18-17-4-2-1-3-15(17)11-16(21)13-20-9-7-19(8-10-20)12-14-5-6-14/h1-4,14H,5-13H2. The highest BCUT2D eigenvalue weighted by molar-refractivity contribution is 5.82. The van der Waals surface area contributed by atoms with Gasteiger partial charge in [-0.25, -0.2) is 4.39 Å². The fraction of sp³-hybridized carbons (Fsp3) is 0.588. The third kappa shape index (κ3) is 4.35. The first-order valence-corrected chi connectivity index (χ1v) is 7.90. The molecule has 2 fully saturated rings. The molecule has 0 atom stereocenters. The van der Waals surface area contributed by atoms with Crippen molar-refractivity contribution in [2.24, 2.45) is 5.92 Å². The Kier molecular flexibility index (Phi) is 4.66. The minimum Gasteiger partial charge on any atom is -0.301 e. The van der Waals surface area contributed by atoms with Gasteiger partial charge in [0.25, 0.3) is 0 Å². The monoisotopic (exact) mass is 290 g/mol. The van der Waals surface area contributed by atoms with E-state index < -0.39 is 0 Å². The first-order chi connectivity index (χ1) is 10.2. The molecule has 0 N–H and O–H groups in total. The number of Topliss-reactive ketones (excluding diaryl/α,β-unsaturated/α-hetero) is 1. The smallest absolute Gasteiger partial charge is 0.151 e. The van der Waals surface area contributed by atoms with Crippen LogP contribution in [0.4, 0.5) is 4.39 Å². The van der Waals surface area contributed by atoms with Crippen LogP contribution in [0.15, 0.2) is 24.3 Å². The number of halogens is 1. The van der Waals surface area contributed by atoms with Crippen LogP contribution in [0.2, 0.25) is 0 Å². The molecule has 2 aliphatic rings. The zero-order valence-corrected chi connectivity index (χ0v) is 12.4. The van der Waals surface area contributed by atoms with Crippen molar-refractivity contribution in [2.75, 3.05) is 39.3 Å². The summed E-state index contributed by atoms with van der Waals surface area (Å²) in [5, 5.41) is 0. The van der Waals surface area contributed by atoms with Gasteiger partial charge in [0, 0.05) is 39.1 Å². The number of ketones is 1. The van der Waals surface area contributed by atoms with E-state index in [9.17, 15) is 9.18 Å². The van der Waals surface area contributed by atoms with Gasteiger partial charge in [-0.15, -0.1) is 0 Å². The van der Waals surface area contributed by atoms with Crippen molar-refractivity contribution < 1.29 is 9.18 Å². The summed E-state index contributed by atoms with van der Waals surface area (Å²) in [6, 6.07) is 6.55. The van der Waals surface area contributed by atoms with E-state index >= 15 is 0 Å². The highest BCUT2D eigenvalue weighted by atomic mass is 19.1. The molecule has 1 aromatic rings. The number of nitrogens with zero attached hydrogens (tertiary/aromatic N) is 2. The van der Waals surface area contributed by atoms with Crippen LogP contribution < -0.4 is 0 Å². The third-order valence-electron chi connectivity index (χ3n) is 4.42. The Morgan fingerprint density at radius 2 is 1.76 bits per heavy atom.